The topological polar surface area (TPSA) is 53.4 Å². The molecule has 0 aliphatic heterocycles. The minimum absolute atomic E-state index is 0.192. The van der Waals surface area contributed by atoms with Crippen LogP contribution in [0.3, 0.4) is 0 Å². The number of hydrogen-bond acceptors (Lipinski definition) is 4. The number of carbonyl (C=O) groups is 1. The molecular formula is C20H20N2O3. The lowest BCUT2D eigenvalue weighted by Gasteiger charge is -2.07. The Morgan fingerprint density at radius 1 is 1.04 bits per heavy atom. The second-order valence-electron chi connectivity index (χ2n) is 5.69. The Bertz CT molecular complexity index is 810. The van der Waals surface area contributed by atoms with Crippen LogP contribution >= 0.6 is 0 Å². The number of hydrogen-bond donors (Lipinski definition) is 0. The van der Waals surface area contributed by atoms with Gasteiger partial charge < -0.3 is 9.47 Å². The molecule has 0 saturated carbocycles. The number of ether oxygens (including phenoxy) is 2. The van der Waals surface area contributed by atoms with E-state index in [9.17, 15) is 4.79 Å². The molecule has 3 aromatic rings. The maximum atomic E-state index is 11.9. The summed E-state index contributed by atoms with van der Waals surface area (Å²) in [6, 6.07) is 17.5. The van der Waals surface area contributed by atoms with Crippen LogP contribution < -0.4 is 4.74 Å². The van der Waals surface area contributed by atoms with Crippen LogP contribution in [-0.2, 0) is 16.0 Å². The summed E-state index contributed by atoms with van der Waals surface area (Å²) < 4.78 is 12.5. The average Bonchev–Trinajstić information content (AvgIpc) is 3.09. The maximum absolute atomic E-state index is 11.9. The minimum Gasteiger partial charge on any atom is -0.490 e. The first kappa shape index (κ1) is 16.8. The van der Waals surface area contributed by atoms with Gasteiger partial charge in [0.25, 0.3) is 0 Å². The van der Waals surface area contributed by atoms with E-state index < -0.39 is 0 Å². The van der Waals surface area contributed by atoms with Crippen LogP contribution in [0.15, 0.2) is 67.0 Å². The van der Waals surface area contributed by atoms with Crippen LogP contribution in [0.2, 0.25) is 0 Å². The Kier molecular flexibility index (Phi) is 5.46. The largest absolute Gasteiger partial charge is 0.490 e. The van der Waals surface area contributed by atoms with Crippen LogP contribution in [0.1, 0.15) is 11.1 Å². The molecule has 0 spiro atoms. The van der Waals surface area contributed by atoms with Crippen LogP contribution in [0.4, 0.5) is 0 Å². The van der Waals surface area contributed by atoms with Gasteiger partial charge in [0.05, 0.1) is 18.3 Å². The van der Waals surface area contributed by atoms with Crippen molar-refractivity contribution in [1.29, 1.82) is 0 Å². The van der Waals surface area contributed by atoms with Crippen molar-refractivity contribution in [2.75, 3.05) is 13.2 Å². The van der Waals surface area contributed by atoms with E-state index in [1.807, 2.05) is 67.7 Å². The predicted molar refractivity (Wildman–Crippen MR) is 94.9 cm³/mol. The second kappa shape index (κ2) is 8.15. The third-order valence-corrected chi connectivity index (χ3v) is 3.64. The lowest BCUT2D eigenvalue weighted by molar-refractivity contribution is -0.143. The fourth-order valence-corrected chi connectivity index (χ4v) is 2.34. The molecule has 0 aliphatic rings. The quantitative estimate of drug-likeness (QED) is 0.490. The molecule has 0 unspecified atom stereocenters. The first-order chi connectivity index (χ1) is 12.2. The van der Waals surface area contributed by atoms with Gasteiger partial charge >= 0.3 is 5.97 Å². The van der Waals surface area contributed by atoms with E-state index in [1.165, 1.54) is 5.56 Å². The molecule has 0 N–H and O–H groups in total. The molecule has 0 aliphatic carbocycles. The predicted octanol–water partition coefficient (Wildman–Crippen LogP) is 3.35. The molecule has 2 aromatic carbocycles. The van der Waals surface area contributed by atoms with Gasteiger partial charge in [0.15, 0.2) is 0 Å². The molecule has 1 aromatic heterocycles. The number of nitrogens with zero attached hydrogens (tertiary/aromatic N) is 2. The van der Waals surface area contributed by atoms with Gasteiger partial charge in [-0.2, -0.15) is 5.10 Å². The Balaban J connectivity index is 1.42. The fourth-order valence-electron chi connectivity index (χ4n) is 2.34. The van der Waals surface area contributed by atoms with Crippen LogP contribution in [0, 0.1) is 6.92 Å². The highest BCUT2D eigenvalue weighted by molar-refractivity contribution is 5.72. The molecular weight excluding hydrogens is 316 g/mol. The number of benzene rings is 2. The standard InChI is InChI=1S/C20H20N2O3/c1-16-7-9-19(10-8-16)24-11-12-25-20(23)13-17-14-21-22(15-17)18-5-3-2-4-6-18/h2-10,14-15H,11-13H2,1H3. The number of esters is 1. The van der Waals surface area contributed by atoms with Gasteiger partial charge in [0, 0.05) is 11.8 Å². The van der Waals surface area contributed by atoms with Gasteiger partial charge in [-0.15, -0.1) is 0 Å². The number of aryl methyl sites for hydroxylation is 1. The highest BCUT2D eigenvalue weighted by atomic mass is 16.6. The van der Waals surface area contributed by atoms with Gasteiger partial charge in [-0.05, 0) is 31.2 Å². The summed E-state index contributed by atoms with van der Waals surface area (Å²) in [5.74, 6) is 0.478. The SMILES string of the molecule is Cc1ccc(OCCOC(=O)Cc2cnn(-c3ccccc3)c2)cc1. The fraction of sp³-hybridized carbons (Fsp3) is 0.200. The minimum atomic E-state index is -0.292. The summed E-state index contributed by atoms with van der Waals surface area (Å²) >= 11 is 0. The van der Waals surface area contributed by atoms with Crippen LogP contribution in [-0.4, -0.2) is 29.0 Å². The van der Waals surface area contributed by atoms with Crippen molar-refractivity contribution in [1.82, 2.24) is 9.78 Å². The molecule has 0 fully saturated rings. The van der Waals surface area contributed by atoms with Crippen molar-refractivity contribution >= 4 is 5.97 Å². The van der Waals surface area contributed by atoms with Crippen molar-refractivity contribution in [2.24, 2.45) is 0 Å². The highest BCUT2D eigenvalue weighted by Crippen LogP contribution is 2.11. The van der Waals surface area contributed by atoms with E-state index in [1.54, 1.807) is 10.9 Å². The summed E-state index contributed by atoms with van der Waals surface area (Å²) in [5.41, 5.74) is 2.94. The lowest BCUT2D eigenvalue weighted by Crippen LogP contribution is -2.13. The number of carbonyl (C=O) groups excluding carboxylic acids is 1. The van der Waals surface area contributed by atoms with Crippen molar-refractivity contribution in [3.63, 3.8) is 0 Å². The molecule has 0 radical (unpaired) electrons. The third kappa shape index (κ3) is 4.94. The van der Waals surface area contributed by atoms with Crippen LogP contribution in [0.25, 0.3) is 5.69 Å². The van der Waals surface area contributed by atoms with E-state index in [0.717, 1.165) is 17.0 Å². The smallest absolute Gasteiger partial charge is 0.310 e. The van der Waals surface area contributed by atoms with E-state index in [2.05, 4.69) is 5.10 Å². The first-order valence-electron chi connectivity index (χ1n) is 8.15. The summed E-state index contributed by atoms with van der Waals surface area (Å²) in [7, 11) is 0. The van der Waals surface area contributed by atoms with Crippen LogP contribution in [0.5, 0.6) is 5.75 Å². The van der Waals surface area contributed by atoms with E-state index >= 15 is 0 Å². The van der Waals surface area contributed by atoms with E-state index in [0.29, 0.717) is 6.61 Å². The molecule has 5 nitrogen and oxygen atoms in total. The van der Waals surface area contributed by atoms with Crippen molar-refractivity contribution < 1.29 is 14.3 Å². The van der Waals surface area contributed by atoms with E-state index in [-0.39, 0.29) is 19.0 Å². The average molecular weight is 336 g/mol. The van der Waals surface area contributed by atoms with Gasteiger partial charge in [-0.1, -0.05) is 35.9 Å². The Morgan fingerprint density at radius 3 is 2.56 bits per heavy atom. The number of rotatable bonds is 7. The van der Waals surface area contributed by atoms with Gasteiger partial charge in [0.2, 0.25) is 0 Å². The number of para-hydroxylation sites is 1. The zero-order valence-corrected chi connectivity index (χ0v) is 14.1. The molecule has 0 amide bonds. The van der Waals surface area contributed by atoms with Crippen molar-refractivity contribution in [3.8, 4) is 11.4 Å². The third-order valence-electron chi connectivity index (χ3n) is 3.64. The van der Waals surface area contributed by atoms with Gasteiger partial charge in [-0.3, -0.25) is 4.79 Å². The monoisotopic (exact) mass is 336 g/mol. The molecule has 128 valence electrons. The second-order valence-corrected chi connectivity index (χ2v) is 5.69. The Morgan fingerprint density at radius 2 is 1.80 bits per heavy atom. The maximum Gasteiger partial charge on any atom is 0.310 e. The molecule has 0 saturated heterocycles. The first-order valence-corrected chi connectivity index (χ1v) is 8.15. The van der Waals surface area contributed by atoms with Crippen molar-refractivity contribution in [2.45, 2.75) is 13.3 Å². The zero-order chi connectivity index (χ0) is 17.5. The van der Waals surface area contributed by atoms with Gasteiger partial charge in [-0.25, -0.2) is 4.68 Å². The molecule has 5 heteroatoms. The normalized spacial score (nSPS) is 10.4. The molecule has 25 heavy (non-hydrogen) atoms. The highest BCUT2D eigenvalue weighted by Gasteiger charge is 2.08. The van der Waals surface area contributed by atoms with Gasteiger partial charge in [0.1, 0.15) is 19.0 Å². The summed E-state index contributed by atoms with van der Waals surface area (Å²) in [6.45, 7) is 2.57. The van der Waals surface area contributed by atoms with Crippen molar-refractivity contribution in [3.05, 3.63) is 78.1 Å². The zero-order valence-electron chi connectivity index (χ0n) is 14.1. The summed E-state index contributed by atoms with van der Waals surface area (Å²) in [4.78, 5) is 11.9. The molecule has 0 atom stereocenters. The number of aromatic nitrogens is 2. The van der Waals surface area contributed by atoms with E-state index in [4.69, 9.17) is 9.47 Å². The molecule has 3 rings (SSSR count). The summed E-state index contributed by atoms with van der Waals surface area (Å²) in [6.07, 6.45) is 3.70. The molecule has 0 bridgehead atoms. The summed E-state index contributed by atoms with van der Waals surface area (Å²) in [5, 5.41) is 4.27. The lowest BCUT2D eigenvalue weighted by atomic mass is 10.2. The Labute approximate surface area is 146 Å². The Hall–Kier alpha value is -3.08. The molecule has 1 heterocycles.